The van der Waals surface area contributed by atoms with Crippen LogP contribution in [0.5, 0.6) is 0 Å². The number of fused-ring (bicyclic) bond motifs is 11. The van der Waals surface area contributed by atoms with Crippen molar-refractivity contribution in [2.45, 2.75) is 63.2 Å². The van der Waals surface area contributed by atoms with Crippen molar-refractivity contribution in [3.8, 4) is 33.4 Å². The van der Waals surface area contributed by atoms with E-state index in [2.05, 4.69) is 257 Å². The normalized spacial score (nSPS) is 18.0. The van der Waals surface area contributed by atoms with E-state index in [1.54, 1.807) is 0 Å². The molecule has 0 saturated heterocycles. The Morgan fingerprint density at radius 1 is 0.522 bits per heavy atom. The van der Waals surface area contributed by atoms with Gasteiger partial charge in [0.2, 0.25) is 0 Å². The van der Waals surface area contributed by atoms with Gasteiger partial charge in [0, 0.05) is 22.5 Å². The molecule has 1 unspecified atom stereocenters. The highest BCUT2D eigenvalue weighted by Crippen LogP contribution is 2.67. The van der Waals surface area contributed by atoms with Crippen molar-refractivity contribution >= 4 is 11.4 Å². The SMILES string of the molecule is C/C=C\C=C(/CC)N(c1ccc(-c2cccc3c2-c2ccccc2C32C3=C(C=CCC3)C(c3ccccc3)(c3ccccc3)c3ccccc32)cc1)c1ccc2c(c1)C(C)(C)c1ccccc1-2. The molecule has 1 heteroatoms. The maximum absolute atomic E-state index is 2.49. The van der Waals surface area contributed by atoms with E-state index in [0.717, 1.165) is 24.9 Å². The van der Waals surface area contributed by atoms with Crippen LogP contribution in [0.1, 0.15) is 91.5 Å². The lowest BCUT2D eigenvalue weighted by molar-refractivity contribution is 0.584. The van der Waals surface area contributed by atoms with Gasteiger partial charge in [-0.3, -0.25) is 0 Å². The molecule has 67 heavy (non-hydrogen) atoms. The summed E-state index contributed by atoms with van der Waals surface area (Å²) in [5.74, 6) is 0. The highest BCUT2D eigenvalue weighted by Gasteiger charge is 2.57. The second-order valence-electron chi connectivity index (χ2n) is 19.2. The topological polar surface area (TPSA) is 3.24 Å². The summed E-state index contributed by atoms with van der Waals surface area (Å²) >= 11 is 0. The minimum absolute atomic E-state index is 0.0909. The molecule has 0 aromatic heterocycles. The van der Waals surface area contributed by atoms with E-state index in [0.29, 0.717) is 0 Å². The Balaban J connectivity index is 1.05. The molecular weight excluding hydrogens is 807 g/mol. The average molecular weight is 862 g/mol. The van der Waals surface area contributed by atoms with E-state index in [4.69, 9.17) is 0 Å². The third-order valence-corrected chi connectivity index (χ3v) is 15.6. The monoisotopic (exact) mass is 861 g/mol. The lowest BCUT2D eigenvalue weighted by Gasteiger charge is -2.51. The van der Waals surface area contributed by atoms with Crippen LogP contribution in [-0.2, 0) is 16.2 Å². The molecule has 0 radical (unpaired) electrons. The minimum atomic E-state index is -0.481. The third-order valence-electron chi connectivity index (χ3n) is 15.6. The summed E-state index contributed by atoms with van der Waals surface area (Å²) in [6, 6.07) is 73.8. The Morgan fingerprint density at radius 2 is 1.09 bits per heavy atom. The Bertz CT molecular complexity index is 3320. The second-order valence-corrected chi connectivity index (χ2v) is 19.2. The van der Waals surface area contributed by atoms with Gasteiger partial charge in [-0.05, 0) is 146 Å². The summed E-state index contributed by atoms with van der Waals surface area (Å²) in [6.45, 7) is 9.10. The first kappa shape index (κ1) is 41.0. The van der Waals surface area contributed by atoms with E-state index >= 15 is 0 Å². The molecule has 0 heterocycles. The van der Waals surface area contributed by atoms with Crippen molar-refractivity contribution < 1.29 is 0 Å². The van der Waals surface area contributed by atoms with Gasteiger partial charge in [-0.1, -0.05) is 215 Å². The van der Waals surface area contributed by atoms with Gasteiger partial charge in [0.05, 0.1) is 10.8 Å². The van der Waals surface area contributed by atoms with E-state index in [-0.39, 0.29) is 5.41 Å². The number of hydrogen-bond donors (Lipinski definition) is 0. The fourth-order valence-corrected chi connectivity index (χ4v) is 12.9. The van der Waals surface area contributed by atoms with Crippen LogP contribution in [-0.4, -0.2) is 0 Å². The van der Waals surface area contributed by atoms with Crippen LogP contribution in [0.2, 0.25) is 0 Å². The van der Waals surface area contributed by atoms with Gasteiger partial charge in [-0.15, -0.1) is 0 Å². The molecule has 0 saturated carbocycles. The van der Waals surface area contributed by atoms with Crippen molar-refractivity contribution in [1.82, 2.24) is 0 Å². The van der Waals surface area contributed by atoms with Gasteiger partial charge in [-0.25, -0.2) is 0 Å². The zero-order valence-corrected chi connectivity index (χ0v) is 38.9. The summed E-state index contributed by atoms with van der Waals surface area (Å²) in [5, 5.41) is 0. The van der Waals surface area contributed by atoms with Gasteiger partial charge >= 0.3 is 0 Å². The molecule has 0 amide bonds. The molecule has 1 atom stereocenters. The van der Waals surface area contributed by atoms with E-state index in [9.17, 15) is 0 Å². The van der Waals surface area contributed by atoms with Gasteiger partial charge in [0.15, 0.2) is 0 Å². The summed E-state index contributed by atoms with van der Waals surface area (Å²) in [7, 11) is 0. The molecule has 1 spiro atoms. The first-order chi connectivity index (χ1) is 32.9. The molecule has 0 fully saturated rings. The number of anilines is 2. The van der Waals surface area contributed by atoms with Crippen LogP contribution in [0.15, 0.2) is 241 Å². The second kappa shape index (κ2) is 15.9. The van der Waals surface area contributed by atoms with Crippen LogP contribution in [0.3, 0.4) is 0 Å². The zero-order chi connectivity index (χ0) is 45.3. The standard InChI is InChI=1S/C66H55N/c1-5-7-27-48(6-2)67(50-42-43-53-52-28-14-16-31-55(52)64(3,4)62(53)44-50)49-40-38-45(39-41-49)51-30-22-37-61-63(51)54-29-15-17-32-56(54)66(61)59-35-20-18-33-57(59)65(46-23-10-8-11-24-46,47-25-12-9-13-26-47)58-34-19-21-36-60(58)66/h5,7-20,22-35,37-44H,6,21,36H2,1-4H3/b7-5-,48-27+. The van der Waals surface area contributed by atoms with Gasteiger partial charge in [0.1, 0.15) is 0 Å². The summed E-state index contributed by atoms with van der Waals surface area (Å²) < 4.78 is 0. The molecule has 4 aliphatic carbocycles. The maximum atomic E-state index is 2.49. The lowest BCUT2D eigenvalue weighted by Crippen LogP contribution is -2.45. The van der Waals surface area contributed by atoms with Crippen molar-refractivity contribution in [3.63, 3.8) is 0 Å². The average Bonchev–Trinajstić information content (AvgIpc) is 3.81. The Hall–Kier alpha value is -7.48. The van der Waals surface area contributed by atoms with Crippen LogP contribution in [0, 0.1) is 0 Å². The predicted molar refractivity (Wildman–Crippen MR) is 281 cm³/mol. The van der Waals surface area contributed by atoms with E-state index in [1.165, 1.54) is 100 Å². The molecule has 0 bridgehead atoms. The minimum Gasteiger partial charge on any atom is -0.314 e. The highest BCUT2D eigenvalue weighted by atomic mass is 15.1. The van der Waals surface area contributed by atoms with Crippen molar-refractivity contribution in [3.05, 3.63) is 286 Å². The molecule has 0 N–H and O–H groups in total. The van der Waals surface area contributed by atoms with Crippen LogP contribution < -0.4 is 4.90 Å². The van der Waals surface area contributed by atoms with Crippen molar-refractivity contribution in [1.29, 1.82) is 0 Å². The molecule has 1 nitrogen and oxygen atoms in total. The third kappa shape index (κ3) is 5.80. The lowest BCUT2D eigenvalue weighted by atomic mass is 9.50. The molecule has 324 valence electrons. The number of nitrogens with zero attached hydrogens (tertiary/aromatic N) is 1. The van der Waals surface area contributed by atoms with Gasteiger partial charge < -0.3 is 4.90 Å². The fourth-order valence-electron chi connectivity index (χ4n) is 12.9. The smallest absolute Gasteiger partial charge is 0.0704 e. The summed E-state index contributed by atoms with van der Waals surface area (Å²) in [4.78, 5) is 2.47. The van der Waals surface area contributed by atoms with Crippen LogP contribution in [0.4, 0.5) is 11.4 Å². The number of rotatable bonds is 8. The summed E-state index contributed by atoms with van der Waals surface area (Å²) in [6.07, 6.45) is 14.4. The Labute approximate surface area is 396 Å². The summed E-state index contributed by atoms with van der Waals surface area (Å²) in [5.41, 5.74) is 24.2. The van der Waals surface area contributed by atoms with Crippen molar-refractivity contribution in [2.24, 2.45) is 0 Å². The number of hydrogen-bond acceptors (Lipinski definition) is 1. The van der Waals surface area contributed by atoms with Crippen molar-refractivity contribution in [2.75, 3.05) is 4.90 Å². The molecule has 8 aromatic carbocycles. The van der Waals surface area contributed by atoms with Gasteiger partial charge in [-0.2, -0.15) is 0 Å². The van der Waals surface area contributed by atoms with Gasteiger partial charge in [0.25, 0.3) is 0 Å². The highest BCUT2D eigenvalue weighted by molar-refractivity contribution is 5.97. The van der Waals surface area contributed by atoms with Crippen LogP contribution >= 0.6 is 0 Å². The van der Waals surface area contributed by atoms with Crippen LogP contribution in [0.25, 0.3) is 33.4 Å². The first-order valence-electron chi connectivity index (χ1n) is 24.3. The first-order valence-corrected chi connectivity index (χ1v) is 24.3. The molecular formula is C66H55N. The predicted octanol–water partition coefficient (Wildman–Crippen LogP) is 17.0. The molecule has 4 aliphatic rings. The maximum Gasteiger partial charge on any atom is 0.0704 e. The zero-order valence-electron chi connectivity index (χ0n) is 38.9. The molecule has 12 rings (SSSR count). The molecule has 8 aromatic rings. The quantitative estimate of drug-likeness (QED) is 0.138. The fraction of sp³-hybridized carbons (Fsp3) is 0.152. The van der Waals surface area contributed by atoms with E-state index in [1.807, 2.05) is 0 Å². The molecule has 0 aliphatic heterocycles. The largest absolute Gasteiger partial charge is 0.314 e. The Kier molecular flexibility index (Phi) is 9.70. The Morgan fingerprint density at radius 3 is 1.78 bits per heavy atom. The van der Waals surface area contributed by atoms with E-state index < -0.39 is 10.8 Å². The number of benzene rings is 8. The number of allylic oxidation sites excluding steroid dienone is 8.